The van der Waals surface area contributed by atoms with Gasteiger partial charge in [0.2, 0.25) is 0 Å². The largest absolute Gasteiger partial charge is 0.490 e. The average molecular weight is 401 g/mol. The molecule has 6 heteroatoms. The van der Waals surface area contributed by atoms with Gasteiger partial charge in [0.25, 0.3) is 0 Å². The molecular formula is C24H20FN3O2. The van der Waals surface area contributed by atoms with Crippen molar-refractivity contribution in [2.24, 2.45) is 5.18 Å². The van der Waals surface area contributed by atoms with Crippen molar-refractivity contribution in [1.82, 2.24) is 9.38 Å². The van der Waals surface area contributed by atoms with E-state index in [1.54, 1.807) is 12.1 Å². The zero-order valence-electron chi connectivity index (χ0n) is 16.5. The normalized spacial score (nSPS) is 11.3. The number of rotatable bonds is 7. The molecule has 2 aromatic heterocycles. The van der Waals surface area contributed by atoms with E-state index in [0.29, 0.717) is 5.75 Å². The lowest BCUT2D eigenvalue weighted by molar-refractivity contribution is 0.273. The highest BCUT2D eigenvalue weighted by Crippen LogP contribution is 2.27. The van der Waals surface area contributed by atoms with Crippen molar-refractivity contribution in [3.05, 3.63) is 88.6 Å². The molecule has 0 spiro atoms. The van der Waals surface area contributed by atoms with Gasteiger partial charge in [-0.05, 0) is 41.4 Å². The van der Waals surface area contributed by atoms with Crippen molar-refractivity contribution >= 4 is 23.5 Å². The van der Waals surface area contributed by atoms with Crippen LogP contribution in [0.3, 0.4) is 0 Å². The number of aryl methyl sites for hydroxylation is 1. The van der Waals surface area contributed by atoms with Crippen LogP contribution in [-0.2, 0) is 0 Å². The van der Waals surface area contributed by atoms with Gasteiger partial charge in [-0.2, -0.15) is 0 Å². The van der Waals surface area contributed by atoms with Crippen molar-refractivity contribution in [3.63, 3.8) is 0 Å². The van der Waals surface area contributed by atoms with Crippen molar-refractivity contribution in [2.75, 3.05) is 13.3 Å². The number of pyridine rings is 1. The van der Waals surface area contributed by atoms with Gasteiger partial charge < -0.3 is 9.14 Å². The number of hydrogen-bond donors (Lipinski definition) is 0. The van der Waals surface area contributed by atoms with Crippen LogP contribution in [0, 0.1) is 11.8 Å². The fourth-order valence-electron chi connectivity index (χ4n) is 3.18. The predicted molar refractivity (Wildman–Crippen MR) is 118 cm³/mol. The van der Waals surface area contributed by atoms with E-state index < -0.39 is 6.67 Å². The summed E-state index contributed by atoms with van der Waals surface area (Å²) in [4.78, 5) is 15.4. The minimum atomic E-state index is -0.605. The molecule has 0 saturated heterocycles. The molecule has 0 fully saturated rings. The maximum absolute atomic E-state index is 12.5. The van der Waals surface area contributed by atoms with Crippen molar-refractivity contribution in [2.45, 2.75) is 6.92 Å². The average Bonchev–Trinajstić information content (AvgIpc) is 3.20. The molecule has 0 unspecified atom stereocenters. The Kier molecular flexibility index (Phi) is 5.66. The molecule has 0 atom stereocenters. The molecule has 5 nitrogen and oxygen atoms in total. The van der Waals surface area contributed by atoms with Crippen molar-refractivity contribution < 1.29 is 9.13 Å². The fourth-order valence-corrected chi connectivity index (χ4v) is 3.18. The summed E-state index contributed by atoms with van der Waals surface area (Å²) < 4.78 is 19.9. The molecule has 0 N–H and O–H groups in total. The molecule has 4 aromatic rings. The Bertz CT molecular complexity index is 1210. The summed E-state index contributed by atoms with van der Waals surface area (Å²) in [6.45, 7) is 1.37. The van der Waals surface area contributed by atoms with Crippen LogP contribution in [0.4, 0.5) is 10.1 Å². The number of benzene rings is 2. The summed E-state index contributed by atoms with van der Waals surface area (Å²) >= 11 is 0. The van der Waals surface area contributed by atoms with Gasteiger partial charge in [0.15, 0.2) is 0 Å². The summed E-state index contributed by atoms with van der Waals surface area (Å²) in [5.41, 5.74) is 6.01. The zero-order valence-corrected chi connectivity index (χ0v) is 16.5. The summed E-state index contributed by atoms with van der Waals surface area (Å²) in [7, 11) is 0. The Balaban J connectivity index is 1.55. The molecule has 30 heavy (non-hydrogen) atoms. The van der Waals surface area contributed by atoms with Crippen LogP contribution in [0.25, 0.3) is 29.1 Å². The third kappa shape index (κ3) is 4.27. The van der Waals surface area contributed by atoms with E-state index in [0.717, 1.165) is 28.0 Å². The third-order valence-corrected chi connectivity index (χ3v) is 4.70. The second-order valence-electron chi connectivity index (χ2n) is 6.90. The van der Waals surface area contributed by atoms with Gasteiger partial charge in [-0.15, -0.1) is 4.91 Å². The van der Waals surface area contributed by atoms with Crippen LogP contribution in [0.2, 0.25) is 0 Å². The first-order chi connectivity index (χ1) is 14.7. The number of hydrogen-bond acceptors (Lipinski definition) is 4. The monoisotopic (exact) mass is 401 g/mol. The zero-order chi connectivity index (χ0) is 20.9. The summed E-state index contributed by atoms with van der Waals surface area (Å²) in [5.74, 6) is 0.428. The number of nitrogens with zero attached hydrogens (tertiary/aromatic N) is 3. The molecule has 150 valence electrons. The number of ether oxygens (including phenoxy) is 1. The Hall–Kier alpha value is -3.80. The predicted octanol–water partition coefficient (Wildman–Crippen LogP) is 6.23. The molecule has 0 saturated carbocycles. The molecule has 0 aliphatic carbocycles. The maximum Gasteiger partial charge on any atom is 0.137 e. The minimum Gasteiger partial charge on any atom is -0.490 e. The van der Waals surface area contributed by atoms with E-state index in [4.69, 9.17) is 4.74 Å². The molecule has 0 aliphatic heterocycles. The molecule has 0 aliphatic rings. The van der Waals surface area contributed by atoms with E-state index in [1.165, 1.54) is 11.6 Å². The van der Waals surface area contributed by atoms with Crippen LogP contribution in [0.5, 0.6) is 5.75 Å². The minimum absolute atomic E-state index is 0.0730. The number of alkyl halides is 1. The molecule has 2 aromatic carbocycles. The van der Waals surface area contributed by atoms with E-state index in [1.807, 2.05) is 59.1 Å². The number of imidazole rings is 1. The Morgan fingerprint density at radius 1 is 1.07 bits per heavy atom. The highest BCUT2D eigenvalue weighted by Gasteiger charge is 2.06. The molecule has 2 heterocycles. The highest BCUT2D eigenvalue weighted by atomic mass is 19.1. The quantitative estimate of drug-likeness (QED) is 0.273. The van der Waals surface area contributed by atoms with Crippen molar-refractivity contribution in [3.8, 4) is 17.0 Å². The third-order valence-electron chi connectivity index (χ3n) is 4.70. The standard InChI is InChI=1S/C24H20FN3O2/c1-17-2-11-24-26-22(16-28(24)15-17)19-6-3-18(4-7-19)5-8-20-9-10-21(27-29)14-23(20)30-13-12-25/h2-11,14-16H,12-13H2,1H3/b8-5+. The van der Waals surface area contributed by atoms with Crippen LogP contribution in [0.15, 0.2) is 72.2 Å². The number of aromatic nitrogens is 2. The highest BCUT2D eigenvalue weighted by molar-refractivity contribution is 5.75. The van der Waals surface area contributed by atoms with Gasteiger partial charge in [-0.25, -0.2) is 9.37 Å². The van der Waals surface area contributed by atoms with Gasteiger partial charge >= 0.3 is 0 Å². The summed E-state index contributed by atoms with van der Waals surface area (Å²) in [6, 6.07) is 16.9. The maximum atomic E-state index is 12.5. The Labute approximate surface area is 173 Å². The van der Waals surface area contributed by atoms with Gasteiger partial charge in [-0.1, -0.05) is 42.5 Å². The van der Waals surface area contributed by atoms with E-state index in [9.17, 15) is 9.30 Å². The second-order valence-corrected chi connectivity index (χ2v) is 6.90. The first kappa shape index (κ1) is 19.5. The van der Waals surface area contributed by atoms with E-state index in [2.05, 4.69) is 23.3 Å². The first-order valence-electron chi connectivity index (χ1n) is 9.56. The number of nitroso groups, excluding NO2 is 1. The van der Waals surface area contributed by atoms with Crippen LogP contribution in [0.1, 0.15) is 16.7 Å². The summed E-state index contributed by atoms with van der Waals surface area (Å²) in [6.07, 6.45) is 7.87. The smallest absolute Gasteiger partial charge is 0.137 e. The molecule has 0 amide bonds. The Morgan fingerprint density at radius 3 is 2.67 bits per heavy atom. The number of fused-ring (bicyclic) bond motifs is 1. The van der Waals surface area contributed by atoms with Gasteiger partial charge in [0.05, 0.1) is 5.69 Å². The SMILES string of the molecule is Cc1ccc2nc(-c3ccc(/C=C/c4ccc(N=O)cc4OCCF)cc3)cn2c1. The molecule has 0 radical (unpaired) electrons. The van der Waals surface area contributed by atoms with Crippen LogP contribution < -0.4 is 4.74 Å². The lowest BCUT2D eigenvalue weighted by atomic mass is 10.1. The molecule has 4 rings (SSSR count). The number of halogens is 1. The van der Waals surface area contributed by atoms with E-state index in [-0.39, 0.29) is 12.3 Å². The molecular weight excluding hydrogens is 381 g/mol. The second kappa shape index (κ2) is 8.69. The lowest BCUT2D eigenvalue weighted by Crippen LogP contribution is -1.99. The lowest BCUT2D eigenvalue weighted by Gasteiger charge is -2.08. The fraction of sp³-hybridized carbons (Fsp3) is 0.125. The van der Waals surface area contributed by atoms with Gasteiger partial charge in [0, 0.05) is 29.6 Å². The topological polar surface area (TPSA) is 56.0 Å². The van der Waals surface area contributed by atoms with Crippen LogP contribution in [-0.4, -0.2) is 22.7 Å². The first-order valence-corrected chi connectivity index (χ1v) is 9.56. The van der Waals surface area contributed by atoms with Crippen molar-refractivity contribution in [1.29, 1.82) is 0 Å². The van der Waals surface area contributed by atoms with Gasteiger partial charge in [0.1, 0.15) is 30.4 Å². The van der Waals surface area contributed by atoms with E-state index >= 15 is 0 Å². The summed E-state index contributed by atoms with van der Waals surface area (Å²) in [5, 5.41) is 2.90. The Morgan fingerprint density at radius 2 is 1.90 bits per heavy atom. The molecule has 0 bridgehead atoms. The van der Waals surface area contributed by atoms with Crippen LogP contribution >= 0.6 is 0 Å². The van der Waals surface area contributed by atoms with Gasteiger partial charge in [-0.3, -0.25) is 0 Å².